The first-order valence-corrected chi connectivity index (χ1v) is 7.67. The fourth-order valence-corrected chi connectivity index (χ4v) is 2.93. The fourth-order valence-electron chi connectivity index (χ4n) is 2.01. The number of alkyl halides is 5. The summed E-state index contributed by atoms with van der Waals surface area (Å²) in [6.45, 7) is 0.134. The molecule has 1 aliphatic rings. The molecule has 0 aliphatic carbocycles. The summed E-state index contributed by atoms with van der Waals surface area (Å²) in [6.07, 6.45) is -5.01. The van der Waals surface area contributed by atoms with E-state index in [4.69, 9.17) is 32.7 Å². The molecule has 2 nitrogen and oxygen atoms in total. The van der Waals surface area contributed by atoms with Gasteiger partial charge in [-0.3, -0.25) is 0 Å². The SMILES string of the molecule is FC(F)(F)c1cc(Cl)ccc1[C@]1(CBr)OC[C@@H](CCl)O1. The smallest absolute Gasteiger partial charge is 0.342 e. The van der Waals surface area contributed by atoms with Crippen molar-refractivity contribution >= 4 is 39.1 Å². The van der Waals surface area contributed by atoms with Gasteiger partial charge in [0.25, 0.3) is 0 Å². The third kappa shape index (κ3) is 3.09. The lowest BCUT2D eigenvalue weighted by molar-refractivity contribution is -0.169. The van der Waals surface area contributed by atoms with Crippen LogP contribution in [0.1, 0.15) is 11.1 Å². The van der Waals surface area contributed by atoms with Gasteiger partial charge in [-0.2, -0.15) is 13.2 Å². The van der Waals surface area contributed by atoms with E-state index in [1.807, 2.05) is 0 Å². The summed E-state index contributed by atoms with van der Waals surface area (Å²) in [6, 6.07) is 3.50. The molecule has 0 N–H and O–H groups in total. The number of ether oxygens (including phenoxy) is 2. The molecule has 1 aromatic rings. The molecule has 1 aromatic carbocycles. The van der Waals surface area contributed by atoms with Crippen LogP contribution in [0.4, 0.5) is 13.2 Å². The van der Waals surface area contributed by atoms with E-state index in [-0.39, 0.29) is 28.4 Å². The molecule has 1 fully saturated rings. The van der Waals surface area contributed by atoms with E-state index in [9.17, 15) is 13.2 Å². The van der Waals surface area contributed by atoms with Crippen LogP contribution >= 0.6 is 39.1 Å². The van der Waals surface area contributed by atoms with Crippen LogP contribution in [0.5, 0.6) is 0 Å². The van der Waals surface area contributed by atoms with Gasteiger partial charge < -0.3 is 9.47 Å². The molecular formula is C12H10BrCl2F3O2. The molecule has 0 saturated carbocycles. The minimum Gasteiger partial charge on any atom is -0.342 e. The van der Waals surface area contributed by atoms with Crippen molar-refractivity contribution in [1.82, 2.24) is 0 Å². The average molecular weight is 394 g/mol. The summed E-state index contributed by atoms with van der Waals surface area (Å²) in [5.41, 5.74) is -0.987. The highest BCUT2D eigenvalue weighted by Gasteiger charge is 2.47. The van der Waals surface area contributed by atoms with E-state index in [2.05, 4.69) is 15.9 Å². The van der Waals surface area contributed by atoms with Crippen LogP contribution in [0.25, 0.3) is 0 Å². The second kappa shape index (κ2) is 6.01. The van der Waals surface area contributed by atoms with Crippen LogP contribution < -0.4 is 0 Å². The van der Waals surface area contributed by atoms with Gasteiger partial charge in [0.15, 0.2) is 0 Å². The first-order chi connectivity index (χ1) is 9.32. The van der Waals surface area contributed by atoms with Gasteiger partial charge in [0.2, 0.25) is 5.79 Å². The van der Waals surface area contributed by atoms with E-state index in [1.54, 1.807) is 0 Å². The van der Waals surface area contributed by atoms with Crippen LogP contribution in [0.3, 0.4) is 0 Å². The molecule has 0 amide bonds. The molecule has 20 heavy (non-hydrogen) atoms. The summed E-state index contributed by atoms with van der Waals surface area (Å²) in [4.78, 5) is 0. The normalized spacial score (nSPS) is 27.0. The Kier molecular flexibility index (Phi) is 4.91. The predicted octanol–water partition coefficient (Wildman–Crippen LogP) is 4.56. The largest absolute Gasteiger partial charge is 0.416 e. The van der Waals surface area contributed by atoms with Gasteiger partial charge in [0, 0.05) is 10.6 Å². The second-order valence-corrected chi connectivity index (χ2v) is 5.59. The number of halogens is 6. The molecule has 1 aliphatic heterocycles. The summed E-state index contributed by atoms with van der Waals surface area (Å²) in [5, 5.41) is 0.0515. The van der Waals surface area contributed by atoms with Crippen LogP contribution in [0.15, 0.2) is 18.2 Å². The number of rotatable bonds is 3. The van der Waals surface area contributed by atoms with E-state index in [0.717, 1.165) is 6.07 Å². The minimum absolute atomic E-state index is 0.00214. The predicted molar refractivity (Wildman–Crippen MR) is 73.5 cm³/mol. The average Bonchev–Trinajstić information content (AvgIpc) is 2.82. The Morgan fingerprint density at radius 3 is 2.60 bits per heavy atom. The quantitative estimate of drug-likeness (QED) is 0.701. The Hall–Kier alpha value is -0.0100. The lowest BCUT2D eigenvalue weighted by Crippen LogP contribution is -2.33. The van der Waals surface area contributed by atoms with Crippen molar-refractivity contribution in [3.8, 4) is 0 Å². The van der Waals surface area contributed by atoms with E-state index >= 15 is 0 Å². The molecule has 8 heteroatoms. The number of hydrogen-bond acceptors (Lipinski definition) is 2. The Labute approximate surface area is 132 Å². The van der Waals surface area contributed by atoms with E-state index in [1.165, 1.54) is 12.1 Å². The van der Waals surface area contributed by atoms with Gasteiger partial charge in [-0.05, 0) is 12.1 Å². The van der Waals surface area contributed by atoms with Gasteiger partial charge in [-0.15, -0.1) is 11.6 Å². The van der Waals surface area contributed by atoms with Crippen molar-refractivity contribution < 1.29 is 22.6 Å². The lowest BCUT2D eigenvalue weighted by Gasteiger charge is -2.29. The zero-order valence-corrected chi connectivity index (χ0v) is 13.1. The Morgan fingerprint density at radius 2 is 2.10 bits per heavy atom. The highest BCUT2D eigenvalue weighted by atomic mass is 79.9. The van der Waals surface area contributed by atoms with Crippen molar-refractivity contribution in [3.63, 3.8) is 0 Å². The monoisotopic (exact) mass is 392 g/mol. The van der Waals surface area contributed by atoms with Gasteiger partial charge in [0.1, 0.15) is 0 Å². The van der Waals surface area contributed by atoms with Crippen molar-refractivity contribution in [2.24, 2.45) is 0 Å². The summed E-state index contributed by atoms with van der Waals surface area (Å²) >= 11 is 14.5. The fraction of sp³-hybridized carbons (Fsp3) is 0.500. The molecule has 0 radical (unpaired) electrons. The van der Waals surface area contributed by atoms with Crippen LogP contribution in [-0.2, 0) is 21.4 Å². The van der Waals surface area contributed by atoms with Gasteiger partial charge in [-0.25, -0.2) is 0 Å². The molecule has 0 spiro atoms. The Bertz CT molecular complexity index is 498. The van der Waals surface area contributed by atoms with Gasteiger partial charge in [-0.1, -0.05) is 33.6 Å². The molecule has 2 rings (SSSR count). The van der Waals surface area contributed by atoms with Gasteiger partial charge in [0.05, 0.1) is 29.5 Å². The topological polar surface area (TPSA) is 18.5 Å². The van der Waals surface area contributed by atoms with Crippen molar-refractivity contribution in [2.75, 3.05) is 17.8 Å². The number of benzene rings is 1. The van der Waals surface area contributed by atoms with Crippen LogP contribution in [0, 0.1) is 0 Å². The highest BCUT2D eigenvalue weighted by Crippen LogP contribution is 2.43. The molecule has 0 unspecified atom stereocenters. The number of hydrogen-bond donors (Lipinski definition) is 0. The minimum atomic E-state index is -4.55. The summed E-state index contributed by atoms with van der Waals surface area (Å²) in [5.74, 6) is -1.36. The molecule has 0 aromatic heterocycles. The van der Waals surface area contributed by atoms with Crippen molar-refractivity contribution in [1.29, 1.82) is 0 Å². The highest BCUT2D eigenvalue weighted by molar-refractivity contribution is 9.09. The Morgan fingerprint density at radius 1 is 1.40 bits per heavy atom. The maximum atomic E-state index is 13.2. The molecule has 1 heterocycles. The standard InChI is InChI=1S/C12H10BrCl2F3O2/c13-6-11(19-5-8(4-14)20-11)9-2-1-7(15)3-10(9)12(16,17)18/h1-3,8H,4-6H2/t8-,11-/m1/s1. The van der Waals surface area contributed by atoms with Gasteiger partial charge >= 0.3 is 6.18 Å². The molecule has 1 saturated heterocycles. The summed E-state index contributed by atoms with van der Waals surface area (Å²) in [7, 11) is 0. The maximum absolute atomic E-state index is 13.2. The van der Waals surface area contributed by atoms with Crippen LogP contribution in [-0.4, -0.2) is 23.9 Å². The van der Waals surface area contributed by atoms with Crippen LogP contribution in [0.2, 0.25) is 5.02 Å². The van der Waals surface area contributed by atoms with Crippen molar-refractivity contribution in [3.05, 3.63) is 34.3 Å². The Balaban J connectivity index is 2.51. The second-order valence-electron chi connectivity index (χ2n) is 4.28. The molecule has 2 atom stereocenters. The third-order valence-electron chi connectivity index (χ3n) is 2.90. The summed E-state index contributed by atoms with van der Waals surface area (Å²) < 4.78 is 50.5. The van der Waals surface area contributed by atoms with E-state index in [0.29, 0.717) is 0 Å². The third-order valence-corrected chi connectivity index (χ3v) is 4.22. The molecular weight excluding hydrogens is 384 g/mol. The molecule has 112 valence electrons. The first kappa shape index (κ1) is 16.4. The molecule has 0 bridgehead atoms. The van der Waals surface area contributed by atoms with E-state index < -0.39 is 23.6 Å². The lowest BCUT2D eigenvalue weighted by atomic mass is 10.00. The zero-order chi connectivity index (χ0) is 15.0. The maximum Gasteiger partial charge on any atom is 0.416 e. The zero-order valence-electron chi connectivity index (χ0n) is 10.0. The van der Waals surface area contributed by atoms with Crippen molar-refractivity contribution in [2.45, 2.75) is 18.1 Å². The first-order valence-electron chi connectivity index (χ1n) is 5.63.